The van der Waals surface area contributed by atoms with Crippen LogP contribution in [0.15, 0.2) is 48.5 Å². The quantitative estimate of drug-likeness (QED) is 0.496. The van der Waals surface area contributed by atoms with E-state index in [9.17, 15) is 0 Å². The van der Waals surface area contributed by atoms with Crippen molar-refractivity contribution in [2.45, 2.75) is 0 Å². The van der Waals surface area contributed by atoms with Gasteiger partial charge in [0, 0.05) is 0 Å². The van der Waals surface area contributed by atoms with Gasteiger partial charge in [-0.1, -0.05) is 48.5 Å². The Hall–Kier alpha value is -1.36. The highest BCUT2D eigenvalue weighted by atomic mass is 28.4. The van der Waals surface area contributed by atoms with Gasteiger partial charge in [0.25, 0.3) is 0 Å². The minimum Gasteiger partial charge on any atom is -0.363 e. The summed E-state index contributed by atoms with van der Waals surface area (Å²) < 4.78 is 12.6. The second-order valence-electron chi connectivity index (χ2n) is 3.62. The van der Waals surface area contributed by atoms with Gasteiger partial charge in [-0.15, -0.1) is 0 Å². The Morgan fingerprint density at radius 3 is 1.19 bits per heavy atom. The van der Waals surface area contributed by atoms with Crippen LogP contribution in [0, 0.1) is 0 Å². The fraction of sp³-hybridized carbons (Fsp3) is 0.231. The van der Waals surface area contributed by atoms with Crippen LogP contribution in [0.3, 0.4) is 0 Å². The second kappa shape index (κ2) is 9.55. The maximum Gasteiger partial charge on any atom is 0.761 e. The van der Waals surface area contributed by atoms with Gasteiger partial charge < -0.3 is 4.80 Å². The molecule has 0 aliphatic carbocycles. The molecule has 0 aromatic heterocycles. The van der Waals surface area contributed by atoms with Crippen LogP contribution in [0.2, 0.25) is 0 Å². The normalized spacial score (nSPS) is 11.0. The van der Waals surface area contributed by atoms with E-state index < -0.39 is 9.05 Å². The third-order valence-electron chi connectivity index (χ3n) is 2.22. The first-order chi connectivity index (χ1) is 10.1. The Labute approximate surface area is 123 Å². The molecular weight excluding hydrogens is 296 g/mol. The summed E-state index contributed by atoms with van der Waals surface area (Å²) in [7, 11) is -0.386. The van der Waals surface area contributed by atoms with E-state index in [1.165, 1.54) is 32.1 Å². The van der Waals surface area contributed by atoms with Crippen LogP contribution in [-0.2, 0) is 28.4 Å². The fourth-order valence-corrected chi connectivity index (χ4v) is 2.21. The van der Waals surface area contributed by atoms with Gasteiger partial charge in [0.15, 0.2) is 0 Å². The molecule has 8 heteroatoms. The number of rotatable bonds is 6. The summed E-state index contributed by atoms with van der Waals surface area (Å²) in [5.74, 6) is 0. The van der Waals surface area contributed by atoms with Gasteiger partial charge in [-0.2, -0.15) is 13.7 Å². The Kier molecular flexibility index (Phi) is 8.04. The van der Waals surface area contributed by atoms with Crippen LogP contribution in [0.4, 0.5) is 0 Å². The molecule has 0 heterocycles. The maximum atomic E-state index is 9.11. The van der Waals surface area contributed by atoms with E-state index in [2.05, 4.69) is 76.9 Å². The summed E-state index contributed by atoms with van der Waals surface area (Å²) in [6.07, 6.45) is 0. The van der Waals surface area contributed by atoms with Crippen LogP contribution in [-0.4, -0.2) is 35.2 Å². The minimum atomic E-state index is -3.92. The summed E-state index contributed by atoms with van der Waals surface area (Å²) in [6, 6.07) is 16.7. The maximum absolute atomic E-state index is 9.11. The van der Waals surface area contributed by atoms with Gasteiger partial charge in [0.05, 0.1) is 21.3 Å². The molecule has 0 aliphatic rings. The lowest BCUT2D eigenvalue weighted by atomic mass is 10.1. The van der Waals surface area contributed by atoms with E-state index in [0.29, 0.717) is 0 Å². The first-order valence-corrected chi connectivity index (χ1v) is 7.64. The van der Waals surface area contributed by atoms with Crippen LogP contribution in [0.1, 0.15) is 0 Å². The number of hydrogen-bond acceptors (Lipinski definition) is 7. The van der Waals surface area contributed by atoms with Gasteiger partial charge in [-0.3, -0.25) is 0 Å². The molecular formula is C13H18O7Si. The van der Waals surface area contributed by atoms with E-state index >= 15 is 0 Å². The molecule has 0 atom stereocenters. The molecule has 0 saturated heterocycles. The van der Waals surface area contributed by atoms with E-state index in [1.807, 2.05) is 0 Å². The van der Waals surface area contributed by atoms with Crippen LogP contribution >= 0.6 is 0 Å². The Bertz CT molecular complexity index is 440. The molecule has 2 aromatic rings. The molecule has 0 bridgehead atoms. The highest BCUT2D eigenvalue weighted by molar-refractivity contribution is 6.51. The summed E-state index contributed by atoms with van der Waals surface area (Å²) in [5.41, 5.74) is 0. The third kappa shape index (κ3) is 6.29. The zero-order valence-corrected chi connectivity index (χ0v) is 13.0. The molecule has 7 nitrogen and oxygen atoms in total. The van der Waals surface area contributed by atoms with Gasteiger partial charge in [0.1, 0.15) is 0 Å². The lowest BCUT2D eigenvalue weighted by Gasteiger charge is -2.15. The first kappa shape index (κ1) is 17.7. The van der Waals surface area contributed by atoms with Crippen molar-refractivity contribution >= 4 is 19.8 Å². The van der Waals surface area contributed by atoms with Crippen LogP contribution in [0.5, 0.6) is 0 Å². The van der Waals surface area contributed by atoms with Crippen molar-refractivity contribution in [1.82, 2.24) is 0 Å². The predicted octanol–water partition coefficient (Wildman–Crippen LogP) is 1.99. The summed E-state index contributed by atoms with van der Waals surface area (Å²) in [5, 5.41) is 2.62. The predicted molar refractivity (Wildman–Crippen MR) is 76.2 cm³/mol. The van der Waals surface area contributed by atoms with Crippen molar-refractivity contribution in [3.63, 3.8) is 0 Å². The molecule has 21 heavy (non-hydrogen) atoms. The van der Waals surface area contributed by atoms with Gasteiger partial charge in [-0.05, 0) is 10.8 Å². The van der Waals surface area contributed by atoms with Gasteiger partial charge >= 0.3 is 9.05 Å². The number of hydrogen-bond donors (Lipinski definition) is 1. The van der Waals surface area contributed by atoms with E-state index in [4.69, 9.17) is 4.80 Å². The monoisotopic (exact) mass is 314 g/mol. The standard InChI is InChI=1S/C10H8.C3H10O7Si/c1-2-6-10-8-4-3-7-9(10)5-1;1-5-8-11(4,9-6-2)10-7-3/h1-8H;4H,1-3H3. The molecule has 2 rings (SSSR count). The van der Waals surface area contributed by atoms with E-state index in [0.717, 1.165) is 0 Å². The Morgan fingerprint density at radius 2 is 0.952 bits per heavy atom. The summed E-state index contributed by atoms with van der Waals surface area (Å²) >= 11 is 0. The molecule has 0 aliphatic heterocycles. The molecule has 2 aromatic carbocycles. The molecule has 0 spiro atoms. The van der Waals surface area contributed by atoms with Crippen LogP contribution < -0.4 is 0 Å². The average molecular weight is 314 g/mol. The molecule has 0 saturated carbocycles. The number of benzene rings is 2. The Balaban J connectivity index is 0.000000210. The topological polar surface area (TPSA) is 75.6 Å². The largest absolute Gasteiger partial charge is 0.761 e. The Morgan fingerprint density at radius 1 is 0.667 bits per heavy atom. The zero-order valence-electron chi connectivity index (χ0n) is 12.0. The average Bonchev–Trinajstić information content (AvgIpc) is 2.49. The first-order valence-electron chi connectivity index (χ1n) is 5.97. The zero-order chi connectivity index (χ0) is 15.6. The molecule has 1 N–H and O–H groups in total. The second-order valence-corrected chi connectivity index (χ2v) is 5.17. The lowest BCUT2D eigenvalue weighted by molar-refractivity contribution is -0.366. The molecule has 0 radical (unpaired) electrons. The molecule has 0 fully saturated rings. The molecule has 0 amide bonds. The SMILES string of the molecule is COO[Si](O)(OOC)OOC.c1ccc2ccccc2c1. The van der Waals surface area contributed by atoms with E-state index in [1.54, 1.807) is 0 Å². The van der Waals surface area contributed by atoms with E-state index in [-0.39, 0.29) is 0 Å². The minimum absolute atomic E-state index is 1.18. The number of fused-ring (bicyclic) bond motifs is 1. The van der Waals surface area contributed by atoms with Gasteiger partial charge in [-0.25, -0.2) is 14.7 Å². The van der Waals surface area contributed by atoms with Crippen molar-refractivity contribution in [2.75, 3.05) is 21.3 Å². The summed E-state index contributed by atoms with van der Waals surface area (Å²) in [6.45, 7) is 0. The van der Waals surface area contributed by atoms with Crippen molar-refractivity contribution < 1.29 is 33.2 Å². The van der Waals surface area contributed by atoms with Crippen molar-refractivity contribution in [3.8, 4) is 0 Å². The third-order valence-corrected chi connectivity index (χ3v) is 3.36. The summed E-state index contributed by atoms with van der Waals surface area (Å²) in [4.78, 5) is 21.4. The molecule has 116 valence electrons. The highest BCUT2D eigenvalue weighted by Gasteiger charge is 2.47. The fourth-order valence-electron chi connectivity index (χ4n) is 1.49. The smallest absolute Gasteiger partial charge is 0.363 e. The van der Waals surface area contributed by atoms with Crippen molar-refractivity contribution in [2.24, 2.45) is 0 Å². The van der Waals surface area contributed by atoms with Crippen LogP contribution in [0.25, 0.3) is 10.8 Å². The lowest BCUT2D eigenvalue weighted by Crippen LogP contribution is -2.45. The highest BCUT2D eigenvalue weighted by Crippen LogP contribution is 2.11. The van der Waals surface area contributed by atoms with Gasteiger partial charge in [0.2, 0.25) is 0 Å². The van der Waals surface area contributed by atoms with Crippen molar-refractivity contribution in [1.29, 1.82) is 0 Å². The molecule has 0 unspecified atom stereocenters. The van der Waals surface area contributed by atoms with Crippen molar-refractivity contribution in [3.05, 3.63) is 48.5 Å².